The minimum absolute atomic E-state index is 0.0165. The molecule has 0 bridgehead atoms. The Morgan fingerprint density at radius 1 is 1.12 bits per heavy atom. The summed E-state index contributed by atoms with van der Waals surface area (Å²) in [5, 5.41) is -0.0799. The number of halogens is 4. The summed E-state index contributed by atoms with van der Waals surface area (Å²) in [6.45, 7) is 3.60. The number of ether oxygens (including phenoxy) is 1. The fourth-order valence-electron chi connectivity index (χ4n) is 2.67. The van der Waals surface area contributed by atoms with E-state index in [1.54, 1.807) is 19.9 Å². The summed E-state index contributed by atoms with van der Waals surface area (Å²) >= 11 is 6.13. The fraction of sp³-hybridized carbons (Fsp3) is 0.167. The van der Waals surface area contributed by atoms with Gasteiger partial charge in [-0.25, -0.2) is 18.2 Å². The van der Waals surface area contributed by atoms with Gasteiger partial charge in [0.2, 0.25) is 0 Å². The Kier molecular flexibility index (Phi) is 4.72. The highest BCUT2D eigenvalue weighted by atomic mass is 35.5. The molecule has 0 spiro atoms. The van der Waals surface area contributed by atoms with Crippen LogP contribution in [0.1, 0.15) is 12.7 Å². The van der Waals surface area contributed by atoms with Gasteiger partial charge in [0.05, 0.1) is 23.6 Å². The van der Waals surface area contributed by atoms with E-state index in [0.717, 1.165) is 12.1 Å². The first-order valence-corrected chi connectivity index (χ1v) is 7.93. The molecule has 3 nitrogen and oxygen atoms in total. The van der Waals surface area contributed by atoms with Gasteiger partial charge in [-0.15, -0.1) is 0 Å². The highest BCUT2D eigenvalue weighted by Crippen LogP contribution is 2.36. The Hall–Kier alpha value is -2.47. The number of nitrogens with zero attached hydrogens (tertiary/aromatic N) is 2. The Morgan fingerprint density at radius 2 is 1.80 bits per heavy atom. The van der Waals surface area contributed by atoms with Gasteiger partial charge in [-0.2, -0.15) is 0 Å². The Morgan fingerprint density at radius 3 is 2.40 bits per heavy atom. The third-order valence-corrected chi connectivity index (χ3v) is 3.90. The smallest absolute Gasteiger partial charge is 0.155 e. The average Bonchev–Trinajstić information content (AvgIpc) is 2.81. The summed E-state index contributed by atoms with van der Waals surface area (Å²) in [5.41, 5.74) is 0.0284. The van der Waals surface area contributed by atoms with Crippen molar-refractivity contribution in [2.24, 2.45) is 0 Å². The van der Waals surface area contributed by atoms with E-state index in [9.17, 15) is 13.2 Å². The number of hydrogen-bond acceptors (Lipinski definition) is 2. The summed E-state index contributed by atoms with van der Waals surface area (Å²) in [6.07, 6.45) is 0. The average molecular weight is 367 g/mol. The van der Waals surface area contributed by atoms with Crippen LogP contribution in [-0.2, 0) is 0 Å². The zero-order valence-electron chi connectivity index (χ0n) is 13.5. The number of rotatable bonds is 4. The third-order valence-electron chi connectivity index (χ3n) is 3.63. The van der Waals surface area contributed by atoms with Crippen molar-refractivity contribution in [2.75, 3.05) is 6.61 Å². The summed E-state index contributed by atoms with van der Waals surface area (Å²) in [4.78, 5) is 4.08. The molecule has 3 aromatic rings. The predicted molar refractivity (Wildman–Crippen MR) is 89.8 cm³/mol. The normalized spacial score (nSPS) is 11.0. The molecule has 0 fully saturated rings. The second-order valence-corrected chi connectivity index (χ2v) is 5.67. The van der Waals surface area contributed by atoms with Crippen molar-refractivity contribution in [3.05, 3.63) is 64.8 Å². The zero-order valence-corrected chi connectivity index (χ0v) is 14.2. The first-order chi connectivity index (χ1) is 11.9. The van der Waals surface area contributed by atoms with E-state index in [1.807, 2.05) is 0 Å². The Labute approximate surface area is 147 Å². The highest BCUT2D eigenvalue weighted by Gasteiger charge is 2.24. The van der Waals surface area contributed by atoms with Gasteiger partial charge in [0.25, 0.3) is 0 Å². The van der Waals surface area contributed by atoms with Gasteiger partial charge in [-0.05, 0) is 32.0 Å². The van der Waals surface area contributed by atoms with Crippen molar-refractivity contribution >= 4 is 11.6 Å². The quantitative estimate of drug-likeness (QED) is 0.625. The fourth-order valence-corrected chi connectivity index (χ4v) is 2.97. The van der Waals surface area contributed by atoms with Crippen LogP contribution in [-0.4, -0.2) is 16.2 Å². The van der Waals surface area contributed by atoms with Gasteiger partial charge in [0, 0.05) is 12.1 Å². The lowest BCUT2D eigenvalue weighted by atomic mass is 10.1. The minimum atomic E-state index is -0.845. The molecule has 0 unspecified atom stereocenters. The van der Waals surface area contributed by atoms with Crippen LogP contribution in [0.3, 0.4) is 0 Å². The molecule has 1 aromatic heterocycles. The van der Waals surface area contributed by atoms with Crippen molar-refractivity contribution in [2.45, 2.75) is 13.8 Å². The van der Waals surface area contributed by atoms with Crippen LogP contribution in [0.15, 0.2) is 36.4 Å². The third kappa shape index (κ3) is 3.22. The molecule has 2 aromatic carbocycles. The Bertz CT molecular complexity index is 917. The second-order valence-electron chi connectivity index (χ2n) is 5.31. The van der Waals surface area contributed by atoms with Crippen LogP contribution >= 0.6 is 11.6 Å². The second kappa shape index (κ2) is 6.80. The molecule has 1 heterocycles. The van der Waals surface area contributed by atoms with Crippen molar-refractivity contribution in [1.29, 1.82) is 0 Å². The lowest BCUT2D eigenvalue weighted by Crippen LogP contribution is -2.03. The topological polar surface area (TPSA) is 27.1 Å². The molecule has 0 atom stereocenters. The molecule has 0 aliphatic carbocycles. The molecule has 0 saturated carbocycles. The van der Waals surface area contributed by atoms with E-state index in [2.05, 4.69) is 4.98 Å². The van der Waals surface area contributed by atoms with Gasteiger partial charge < -0.3 is 4.74 Å². The molecule has 0 aliphatic rings. The van der Waals surface area contributed by atoms with Crippen LogP contribution in [0.25, 0.3) is 16.9 Å². The Balaban J connectivity index is 2.26. The van der Waals surface area contributed by atoms with Gasteiger partial charge in [-0.1, -0.05) is 17.7 Å². The molecule has 0 aliphatic heterocycles. The number of aryl methyl sites for hydroxylation is 1. The number of benzene rings is 2. The van der Waals surface area contributed by atoms with E-state index < -0.39 is 17.5 Å². The van der Waals surface area contributed by atoms with Crippen LogP contribution in [0.4, 0.5) is 13.2 Å². The monoisotopic (exact) mass is 366 g/mol. The molecule has 0 N–H and O–H groups in total. The maximum Gasteiger partial charge on any atom is 0.155 e. The van der Waals surface area contributed by atoms with Gasteiger partial charge >= 0.3 is 0 Å². The molecule has 0 radical (unpaired) electrons. The van der Waals surface area contributed by atoms with Crippen molar-refractivity contribution < 1.29 is 17.9 Å². The van der Waals surface area contributed by atoms with Gasteiger partial charge in [0.15, 0.2) is 5.15 Å². The number of aromatic nitrogens is 2. The molecular formula is C18H14ClF3N2O. The maximum absolute atomic E-state index is 14.6. The van der Waals surface area contributed by atoms with Crippen molar-refractivity contribution in [3.8, 4) is 22.7 Å². The minimum Gasteiger partial charge on any atom is -0.494 e. The zero-order chi connectivity index (χ0) is 18.1. The summed E-state index contributed by atoms with van der Waals surface area (Å²) in [5.74, 6) is -1.73. The highest BCUT2D eigenvalue weighted by molar-refractivity contribution is 6.32. The van der Waals surface area contributed by atoms with Crippen LogP contribution < -0.4 is 4.74 Å². The predicted octanol–water partition coefficient (Wildman–Crippen LogP) is 5.32. The first kappa shape index (κ1) is 17.4. The van der Waals surface area contributed by atoms with E-state index >= 15 is 0 Å². The maximum atomic E-state index is 14.6. The van der Waals surface area contributed by atoms with Crippen LogP contribution in [0.5, 0.6) is 5.75 Å². The molecule has 130 valence electrons. The standard InChI is InChI=1S/C18H14ClF3N2O/c1-3-25-13-8-14(21)16(15(22)9-13)17-18(19)23-10(2)24(17)12-6-4-5-11(20)7-12/h4-9H,3H2,1-2H3. The summed E-state index contributed by atoms with van der Waals surface area (Å²) in [7, 11) is 0. The number of hydrogen-bond donors (Lipinski definition) is 0. The summed E-state index contributed by atoms with van der Waals surface area (Å²) in [6, 6.07) is 7.76. The molecular weight excluding hydrogens is 353 g/mol. The van der Waals surface area contributed by atoms with Gasteiger partial charge in [-0.3, -0.25) is 4.57 Å². The van der Waals surface area contributed by atoms with E-state index in [1.165, 1.54) is 22.8 Å². The van der Waals surface area contributed by atoms with E-state index in [0.29, 0.717) is 11.5 Å². The largest absolute Gasteiger partial charge is 0.494 e. The SMILES string of the molecule is CCOc1cc(F)c(-c2c(Cl)nc(C)n2-c2cccc(F)c2)c(F)c1. The molecule has 0 amide bonds. The van der Waals surface area contributed by atoms with Gasteiger partial charge in [0.1, 0.15) is 29.0 Å². The first-order valence-electron chi connectivity index (χ1n) is 7.55. The molecule has 7 heteroatoms. The van der Waals surface area contributed by atoms with E-state index in [-0.39, 0.29) is 28.8 Å². The van der Waals surface area contributed by atoms with E-state index in [4.69, 9.17) is 16.3 Å². The summed E-state index contributed by atoms with van der Waals surface area (Å²) < 4.78 is 49.3. The van der Waals surface area contributed by atoms with Crippen molar-refractivity contribution in [3.63, 3.8) is 0 Å². The molecule has 25 heavy (non-hydrogen) atoms. The number of imidazole rings is 1. The van der Waals surface area contributed by atoms with Crippen LogP contribution in [0, 0.1) is 24.4 Å². The molecule has 3 rings (SSSR count). The van der Waals surface area contributed by atoms with Crippen LogP contribution in [0.2, 0.25) is 5.15 Å². The molecule has 0 saturated heterocycles. The van der Waals surface area contributed by atoms with Crippen molar-refractivity contribution in [1.82, 2.24) is 9.55 Å². The lowest BCUT2D eigenvalue weighted by molar-refractivity contribution is 0.336. The lowest BCUT2D eigenvalue weighted by Gasteiger charge is -2.13.